The summed E-state index contributed by atoms with van der Waals surface area (Å²) in [5.41, 5.74) is 17.3. The molecule has 1 fully saturated rings. The summed E-state index contributed by atoms with van der Waals surface area (Å²) in [6, 6.07) is 16.1. The topological polar surface area (TPSA) is 220 Å². The fourth-order valence-electron chi connectivity index (χ4n) is 7.51. The second-order valence-electron chi connectivity index (χ2n) is 15.5. The molecule has 334 valence electrons. The zero-order valence-electron chi connectivity index (χ0n) is 34.5. The van der Waals surface area contributed by atoms with Gasteiger partial charge in [0.2, 0.25) is 0 Å². The number of benzene rings is 2. The second kappa shape index (κ2) is 23.2. The molecule has 0 spiro atoms. The number of carbonyl (C=O) groups is 4. The van der Waals surface area contributed by atoms with E-state index in [-0.39, 0.29) is 76.1 Å². The van der Waals surface area contributed by atoms with Crippen LogP contribution in [0.4, 0.5) is 23.3 Å². The Kier molecular flexibility index (Phi) is 18.1. The minimum atomic E-state index is -0.693. The molecule has 5 N–H and O–H groups in total. The molecule has 16 heteroatoms. The number of ketones is 2. The number of nitrogens with two attached hydrogens (primary N) is 2. The Hall–Kier alpha value is -6.16. The third-order valence-corrected chi connectivity index (χ3v) is 10.7. The predicted molar refractivity (Wildman–Crippen MR) is 241 cm³/mol. The Bertz CT molecular complexity index is 2160. The van der Waals surface area contributed by atoms with Crippen LogP contribution in [0, 0.1) is 5.92 Å². The molecule has 4 aromatic rings. The van der Waals surface area contributed by atoms with Crippen molar-refractivity contribution in [1.82, 2.24) is 24.8 Å². The number of aldehydes is 1. The molecule has 5 heterocycles. The monoisotopic (exact) mass is 853 g/mol. The number of aliphatic carboxylic acids is 1. The number of aromatic nitrogens is 4. The molecule has 16 nitrogen and oxygen atoms in total. The van der Waals surface area contributed by atoms with Gasteiger partial charge in [0.1, 0.15) is 29.6 Å². The molecule has 1 saturated heterocycles. The van der Waals surface area contributed by atoms with Gasteiger partial charge in [-0.05, 0) is 61.5 Å². The molecule has 2 aromatic carbocycles. The number of hydrogen-bond acceptors (Lipinski definition) is 15. The zero-order chi connectivity index (χ0) is 42.6. The Balaban J connectivity index is 0.000000273. The zero-order valence-corrected chi connectivity index (χ0v) is 34.5. The number of nitrogen functional groups attached to an aromatic ring is 2. The number of Topliss-reactive ketones (excluding diaryl/α,β-unsaturated/α-hetero) is 2. The van der Waals surface area contributed by atoms with Crippen LogP contribution in [0.1, 0.15) is 105 Å². The summed E-state index contributed by atoms with van der Waals surface area (Å²) in [6.45, 7) is 9.04. The third kappa shape index (κ3) is 12.9. The maximum Gasteiger partial charge on any atom is 0.320 e. The highest BCUT2D eigenvalue weighted by Crippen LogP contribution is 2.32. The average molecular weight is 854 g/mol. The summed E-state index contributed by atoms with van der Waals surface area (Å²) < 4.78 is 11.3. The van der Waals surface area contributed by atoms with Crippen LogP contribution in [0.5, 0.6) is 12.0 Å². The van der Waals surface area contributed by atoms with E-state index in [1.807, 2.05) is 34.1 Å². The highest BCUT2D eigenvalue weighted by molar-refractivity contribution is 5.92. The van der Waals surface area contributed by atoms with Crippen LogP contribution in [-0.2, 0) is 46.9 Å². The number of fused-ring (bicyclic) bond motifs is 2. The molecule has 0 radical (unpaired) electrons. The van der Waals surface area contributed by atoms with E-state index in [1.54, 1.807) is 12.1 Å². The standard InChI is InChI=1S/C25H33N5O4.C19H22N4O3.2CH4/c1-2-3-11-34-25-27-22(26)21-13-20(31)16-30(23(21)28-25)15-18-6-4-5-17(12-18)14-29-9-7-19(8-10-29)24(32)33;1-2-3-7-26-19-21-17(20)16-9-15(25)11-23(18(16)22-19)10-13-5-4-6-14(8-13)12-24;;/h4-6,12,19H,2-3,7-11,13-16H2,1H3,(H,32,33)(H2,26,27,28);4-6,8,12H,2-3,7,9-11H2,1H3,(H2,20,21,22);2*1H4. The van der Waals surface area contributed by atoms with Crippen LogP contribution in [0.15, 0.2) is 48.5 Å². The van der Waals surface area contributed by atoms with Gasteiger partial charge in [-0.25, -0.2) is 0 Å². The molecular formula is C46H63N9O7. The van der Waals surface area contributed by atoms with E-state index >= 15 is 0 Å². The summed E-state index contributed by atoms with van der Waals surface area (Å²) in [5.74, 6) is 1.08. The van der Waals surface area contributed by atoms with Gasteiger partial charge in [-0.2, -0.15) is 19.9 Å². The molecular weight excluding hydrogens is 791 g/mol. The smallest absolute Gasteiger partial charge is 0.320 e. The lowest BCUT2D eigenvalue weighted by Gasteiger charge is -2.31. The number of rotatable bonds is 16. The van der Waals surface area contributed by atoms with Gasteiger partial charge in [0.15, 0.2) is 11.6 Å². The highest BCUT2D eigenvalue weighted by Gasteiger charge is 2.30. The molecule has 3 aliphatic heterocycles. The van der Waals surface area contributed by atoms with Crippen LogP contribution in [0.25, 0.3) is 0 Å². The normalized spacial score (nSPS) is 14.9. The number of piperidine rings is 1. The number of nitrogens with zero attached hydrogens (tertiary/aromatic N) is 7. The molecule has 0 aliphatic carbocycles. The minimum Gasteiger partial charge on any atom is -0.481 e. The largest absolute Gasteiger partial charge is 0.481 e. The lowest BCUT2D eigenvalue weighted by molar-refractivity contribution is -0.143. The van der Waals surface area contributed by atoms with Gasteiger partial charge >= 0.3 is 18.0 Å². The molecule has 0 amide bonds. The molecule has 0 bridgehead atoms. The Morgan fingerprint density at radius 3 is 1.68 bits per heavy atom. The first-order valence-electron chi connectivity index (χ1n) is 20.7. The molecule has 0 atom stereocenters. The van der Waals surface area contributed by atoms with Gasteiger partial charge in [-0.1, -0.05) is 84.0 Å². The number of carbonyl (C=O) groups excluding carboxylic acids is 3. The number of anilines is 4. The quantitative estimate of drug-likeness (QED) is 0.0854. The average Bonchev–Trinajstić information content (AvgIpc) is 3.22. The second-order valence-corrected chi connectivity index (χ2v) is 15.5. The van der Waals surface area contributed by atoms with E-state index in [4.69, 9.17) is 20.9 Å². The first-order chi connectivity index (χ1) is 29.0. The van der Waals surface area contributed by atoms with Crippen molar-refractivity contribution in [2.24, 2.45) is 5.92 Å². The van der Waals surface area contributed by atoms with Gasteiger partial charge in [0, 0.05) is 49.2 Å². The number of unbranched alkanes of at least 4 members (excludes halogenated alkanes) is 2. The number of hydrogen-bond donors (Lipinski definition) is 3. The van der Waals surface area contributed by atoms with Crippen LogP contribution >= 0.6 is 0 Å². The third-order valence-electron chi connectivity index (χ3n) is 10.7. The number of carboxylic acid groups (broad SMARTS) is 1. The molecule has 3 aliphatic rings. The van der Waals surface area contributed by atoms with Gasteiger partial charge in [0.05, 0.1) is 32.2 Å². The Morgan fingerprint density at radius 2 is 1.21 bits per heavy atom. The van der Waals surface area contributed by atoms with Crippen molar-refractivity contribution >= 4 is 47.1 Å². The Morgan fingerprint density at radius 1 is 0.742 bits per heavy atom. The SMILES string of the molecule is C.C.CCCCOc1nc(N)c2c(n1)N(Cc1cccc(C=O)c1)CC(=O)C2.CCCCOc1nc(N)c2c(n1)N(Cc1cccc(CN3CCC(C(=O)O)CC3)c1)CC(=O)C2. The summed E-state index contributed by atoms with van der Waals surface area (Å²) in [4.78, 5) is 70.4. The number of ether oxygens (including phenoxy) is 2. The fourth-order valence-corrected chi connectivity index (χ4v) is 7.51. The van der Waals surface area contributed by atoms with E-state index in [1.165, 1.54) is 5.56 Å². The summed E-state index contributed by atoms with van der Waals surface area (Å²) in [6.07, 6.45) is 6.46. The molecule has 2 aromatic heterocycles. The number of likely N-dealkylation sites (tertiary alicyclic amines) is 1. The van der Waals surface area contributed by atoms with Crippen LogP contribution in [-0.4, -0.2) is 93.2 Å². The van der Waals surface area contributed by atoms with Gasteiger partial charge < -0.3 is 35.8 Å². The van der Waals surface area contributed by atoms with Crippen LogP contribution in [0.2, 0.25) is 0 Å². The number of carboxylic acids is 1. The van der Waals surface area contributed by atoms with E-state index in [0.29, 0.717) is 73.3 Å². The summed E-state index contributed by atoms with van der Waals surface area (Å²) in [7, 11) is 0. The van der Waals surface area contributed by atoms with Crippen LogP contribution in [0.3, 0.4) is 0 Å². The maximum absolute atomic E-state index is 12.4. The van der Waals surface area contributed by atoms with Crippen molar-refractivity contribution in [2.45, 2.75) is 99.7 Å². The lowest BCUT2D eigenvalue weighted by atomic mass is 9.96. The van der Waals surface area contributed by atoms with Crippen molar-refractivity contribution in [2.75, 3.05) is 60.7 Å². The fraction of sp³-hybridized carbons (Fsp3) is 0.478. The van der Waals surface area contributed by atoms with Gasteiger partial charge in [-0.15, -0.1) is 0 Å². The first kappa shape index (κ1) is 48.5. The van der Waals surface area contributed by atoms with Crippen molar-refractivity contribution < 1.29 is 33.8 Å². The Labute approximate surface area is 365 Å². The van der Waals surface area contributed by atoms with E-state index in [0.717, 1.165) is 62.7 Å². The van der Waals surface area contributed by atoms with E-state index < -0.39 is 5.97 Å². The molecule has 0 unspecified atom stereocenters. The van der Waals surface area contributed by atoms with Crippen molar-refractivity contribution in [3.05, 3.63) is 81.9 Å². The maximum atomic E-state index is 12.4. The van der Waals surface area contributed by atoms with Gasteiger partial charge in [-0.3, -0.25) is 24.1 Å². The van der Waals surface area contributed by atoms with Crippen molar-refractivity contribution in [3.8, 4) is 12.0 Å². The van der Waals surface area contributed by atoms with Crippen LogP contribution < -0.4 is 30.7 Å². The predicted octanol–water partition coefficient (Wildman–Crippen LogP) is 6.12. The van der Waals surface area contributed by atoms with E-state index in [2.05, 4.69) is 50.8 Å². The summed E-state index contributed by atoms with van der Waals surface area (Å²) >= 11 is 0. The van der Waals surface area contributed by atoms with Crippen molar-refractivity contribution in [1.29, 1.82) is 0 Å². The van der Waals surface area contributed by atoms with E-state index in [9.17, 15) is 24.3 Å². The molecule has 62 heavy (non-hydrogen) atoms. The summed E-state index contributed by atoms with van der Waals surface area (Å²) in [5, 5.41) is 9.21. The highest BCUT2D eigenvalue weighted by atomic mass is 16.5. The van der Waals surface area contributed by atoms with Gasteiger partial charge in [0.25, 0.3) is 0 Å². The molecule has 7 rings (SSSR count). The lowest BCUT2D eigenvalue weighted by Crippen LogP contribution is -2.37. The minimum absolute atomic E-state index is 0. The van der Waals surface area contributed by atoms with Crippen molar-refractivity contribution in [3.63, 3.8) is 0 Å². The first-order valence-corrected chi connectivity index (χ1v) is 20.7. The molecule has 0 saturated carbocycles.